The minimum atomic E-state index is -4.39. The molecular weight excluding hydrogens is 430 g/mol. The number of fused-ring (bicyclic) bond motifs is 1. The predicted octanol–water partition coefficient (Wildman–Crippen LogP) is 3.30. The SMILES string of the molecule is Cl.Cl.O[C@H]1CNC[C@H]1Nc1nnc(-c2ccc(C(F)(F)F)cc2)c2ncccc12. The van der Waals surface area contributed by atoms with Gasteiger partial charge in [-0.05, 0) is 24.3 Å². The van der Waals surface area contributed by atoms with Gasteiger partial charge in [0.15, 0.2) is 5.82 Å². The number of pyridine rings is 1. The first-order chi connectivity index (χ1) is 12.9. The highest BCUT2D eigenvalue weighted by Gasteiger charge is 2.30. The summed E-state index contributed by atoms with van der Waals surface area (Å²) in [6.07, 6.45) is -3.35. The molecule has 11 heteroatoms. The van der Waals surface area contributed by atoms with Crippen LogP contribution >= 0.6 is 24.8 Å². The zero-order valence-corrected chi connectivity index (χ0v) is 16.5. The highest BCUT2D eigenvalue weighted by molar-refractivity contribution is 5.97. The number of β-amino-alcohol motifs (C(OH)–C–C–N with tert-alkyl or cyclic N) is 1. The number of hydrogen-bond acceptors (Lipinski definition) is 6. The molecule has 0 amide bonds. The molecule has 0 unspecified atom stereocenters. The standard InChI is InChI=1S/C18H16F3N5O.2ClH/c19-18(20,21)11-5-3-10(4-6-11)15-16-12(2-1-7-23-16)17(26-25-15)24-13-8-22-9-14(13)27;;/h1-7,13-14,22,27H,8-9H2,(H,24,26);2*1H/t13-,14+;;/m1../s1. The minimum Gasteiger partial charge on any atom is -0.390 e. The normalized spacial score (nSPS) is 18.8. The van der Waals surface area contributed by atoms with Gasteiger partial charge in [0, 0.05) is 30.2 Å². The topological polar surface area (TPSA) is 83.0 Å². The summed E-state index contributed by atoms with van der Waals surface area (Å²) in [5, 5.41) is 25.3. The van der Waals surface area contributed by atoms with Gasteiger partial charge in [-0.1, -0.05) is 12.1 Å². The number of halogens is 5. The first-order valence-electron chi connectivity index (χ1n) is 8.38. The van der Waals surface area contributed by atoms with Crippen molar-refractivity contribution in [2.75, 3.05) is 18.4 Å². The number of aliphatic hydroxyl groups is 1. The van der Waals surface area contributed by atoms with E-state index in [1.807, 2.05) is 6.07 Å². The lowest BCUT2D eigenvalue weighted by atomic mass is 10.1. The second kappa shape index (κ2) is 9.08. The van der Waals surface area contributed by atoms with E-state index in [0.29, 0.717) is 41.1 Å². The van der Waals surface area contributed by atoms with Crippen LogP contribution in [-0.2, 0) is 6.18 Å². The van der Waals surface area contributed by atoms with E-state index in [2.05, 4.69) is 25.8 Å². The molecule has 3 N–H and O–H groups in total. The highest BCUT2D eigenvalue weighted by atomic mass is 35.5. The molecule has 3 heterocycles. The van der Waals surface area contributed by atoms with E-state index in [1.54, 1.807) is 12.3 Å². The molecule has 0 spiro atoms. The Bertz CT molecular complexity index is 972. The molecule has 1 fully saturated rings. The van der Waals surface area contributed by atoms with Crippen molar-refractivity contribution in [1.82, 2.24) is 20.5 Å². The van der Waals surface area contributed by atoms with Crippen LogP contribution in [0.1, 0.15) is 5.56 Å². The largest absolute Gasteiger partial charge is 0.416 e. The zero-order chi connectivity index (χ0) is 19.0. The van der Waals surface area contributed by atoms with Gasteiger partial charge in [0.2, 0.25) is 0 Å². The molecule has 156 valence electrons. The van der Waals surface area contributed by atoms with Crippen molar-refractivity contribution in [3.63, 3.8) is 0 Å². The molecule has 1 aliphatic heterocycles. The van der Waals surface area contributed by atoms with E-state index in [9.17, 15) is 18.3 Å². The van der Waals surface area contributed by atoms with Gasteiger partial charge in [0.1, 0.15) is 11.2 Å². The van der Waals surface area contributed by atoms with Gasteiger partial charge < -0.3 is 15.7 Å². The average Bonchev–Trinajstić information content (AvgIpc) is 3.06. The van der Waals surface area contributed by atoms with Crippen LogP contribution < -0.4 is 10.6 Å². The molecule has 0 saturated carbocycles. The Morgan fingerprint density at radius 1 is 1.03 bits per heavy atom. The predicted molar refractivity (Wildman–Crippen MR) is 109 cm³/mol. The molecule has 3 aromatic rings. The van der Waals surface area contributed by atoms with Crippen molar-refractivity contribution in [3.05, 3.63) is 48.2 Å². The van der Waals surface area contributed by atoms with Crippen LogP contribution in [0.25, 0.3) is 22.2 Å². The third-order valence-corrected chi connectivity index (χ3v) is 4.53. The van der Waals surface area contributed by atoms with E-state index in [0.717, 1.165) is 12.1 Å². The molecule has 6 nitrogen and oxygen atoms in total. The van der Waals surface area contributed by atoms with Crippen molar-refractivity contribution in [1.29, 1.82) is 0 Å². The fourth-order valence-electron chi connectivity index (χ4n) is 3.09. The maximum absolute atomic E-state index is 12.8. The van der Waals surface area contributed by atoms with Gasteiger partial charge >= 0.3 is 6.18 Å². The van der Waals surface area contributed by atoms with Crippen LogP contribution in [0.2, 0.25) is 0 Å². The smallest absolute Gasteiger partial charge is 0.390 e. The van der Waals surface area contributed by atoms with Crippen LogP contribution in [0, 0.1) is 0 Å². The number of aliphatic hydroxyl groups excluding tert-OH is 1. The summed E-state index contributed by atoms with van der Waals surface area (Å²) >= 11 is 0. The monoisotopic (exact) mass is 447 g/mol. The van der Waals surface area contributed by atoms with Crippen molar-refractivity contribution >= 4 is 41.5 Å². The van der Waals surface area contributed by atoms with Crippen LogP contribution in [0.15, 0.2) is 42.6 Å². The quantitative estimate of drug-likeness (QED) is 0.571. The Balaban J connectivity index is 0.00000150. The number of rotatable bonds is 3. The lowest BCUT2D eigenvalue weighted by Crippen LogP contribution is -2.32. The van der Waals surface area contributed by atoms with Crippen LogP contribution in [-0.4, -0.2) is 45.5 Å². The second-order valence-electron chi connectivity index (χ2n) is 6.35. The number of benzene rings is 1. The van der Waals surface area contributed by atoms with Gasteiger partial charge in [-0.3, -0.25) is 4.98 Å². The van der Waals surface area contributed by atoms with Gasteiger partial charge in [-0.15, -0.1) is 35.0 Å². The zero-order valence-electron chi connectivity index (χ0n) is 14.8. The lowest BCUT2D eigenvalue weighted by molar-refractivity contribution is -0.137. The van der Waals surface area contributed by atoms with Crippen LogP contribution in [0.4, 0.5) is 19.0 Å². The summed E-state index contributed by atoms with van der Waals surface area (Å²) in [4.78, 5) is 4.34. The highest BCUT2D eigenvalue weighted by Crippen LogP contribution is 2.33. The number of alkyl halides is 3. The van der Waals surface area contributed by atoms with Crippen molar-refractivity contribution < 1.29 is 18.3 Å². The maximum atomic E-state index is 12.8. The Kier molecular flexibility index (Phi) is 7.23. The third-order valence-electron chi connectivity index (χ3n) is 4.53. The summed E-state index contributed by atoms with van der Waals surface area (Å²) in [6.45, 7) is 1.08. The maximum Gasteiger partial charge on any atom is 0.416 e. The molecule has 2 atom stereocenters. The number of nitrogens with one attached hydrogen (secondary N) is 2. The number of hydrogen-bond donors (Lipinski definition) is 3. The first kappa shape index (κ1) is 23.1. The number of anilines is 1. The number of nitrogens with zero attached hydrogens (tertiary/aromatic N) is 3. The van der Waals surface area contributed by atoms with E-state index in [1.165, 1.54) is 12.1 Å². The Hall–Kier alpha value is -2.20. The van der Waals surface area contributed by atoms with E-state index in [-0.39, 0.29) is 30.9 Å². The summed E-state index contributed by atoms with van der Waals surface area (Å²) in [6, 6.07) is 8.09. The van der Waals surface area contributed by atoms with Crippen molar-refractivity contribution in [2.24, 2.45) is 0 Å². The van der Waals surface area contributed by atoms with Gasteiger partial charge in [0.05, 0.1) is 17.7 Å². The van der Waals surface area contributed by atoms with Gasteiger partial charge in [-0.2, -0.15) is 13.2 Å². The summed E-state index contributed by atoms with van der Waals surface area (Å²) in [7, 11) is 0. The molecule has 0 bridgehead atoms. The van der Waals surface area contributed by atoms with Crippen LogP contribution in [0.3, 0.4) is 0 Å². The summed E-state index contributed by atoms with van der Waals surface area (Å²) in [5.74, 6) is 0.474. The molecule has 1 aromatic carbocycles. The van der Waals surface area contributed by atoms with E-state index in [4.69, 9.17) is 0 Å². The Morgan fingerprint density at radius 3 is 2.38 bits per heavy atom. The molecular formula is C18H18Cl2F3N5O. The second-order valence-corrected chi connectivity index (χ2v) is 6.35. The summed E-state index contributed by atoms with van der Waals surface area (Å²) < 4.78 is 38.3. The number of aromatic nitrogens is 3. The molecule has 2 aromatic heterocycles. The molecule has 1 saturated heterocycles. The third kappa shape index (κ3) is 4.69. The van der Waals surface area contributed by atoms with E-state index >= 15 is 0 Å². The lowest BCUT2D eigenvalue weighted by Gasteiger charge is -2.17. The average molecular weight is 448 g/mol. The van der Waals surface area contributed by atoms with Crippen LogP contribution in [0.5, 0.6) is 0 Å². The Morgan fingerprint density at radius 2 is 1.76 bits per heavy atom. The van der Waals surface area contributed by atoms with Gasteiger partial charge in [0.25, 0.3) is 0 Å². The molecule has 0 aliphatic carbocycles. The first-order valence-corrected chi connectivity index (χ1v) is 8.38. The summed E-state index contributed by atoms with van der Waals surface area (Å²) in [5.41, 5.74) is 0.691. The molecule has 1 aliphatic rings. The van der Waals surface area contributed by atoms with Gasteiger partial charge in [-0.25, -0.2) is 0 Å². The Labute approximate surface area is 176 Å². The fourth-order valence-corrected chi connectivity index (χ4v) is 3.09. The molecule has 29 heavy (non-hydrogen) atoms. The molecule has 0 radical (unpaired) electrons. The van der Waals surface area contributed by atoms with Crippen molar-refractivity contribution in [3.8, 4) is 11.3 Å². The fraction of sp³-hybridized carbons (Fsp3) is 0.278. The van der Waals surface area contributed by atoms with E-state index < -0.39 is 17.8 Å². The van der Waals surface area contributed by atoms with Crippen molar-refractivity contribution in [2.45, 2.75) is 18.3 Å². The molecule has 4 rings (SSSR count). The minimum absolute atomic E-state index is 0.